The van der Waals surface area contributed by atoms with E-state index >= 15 is 0 Å². The molecule has 0 aliphatic carbocycles. The maximum Gasteiger partial charge on any atom is 0.322 e. The van der Waals surface area contributed by atoms with E-state index in [-0.39, 0.29) is 24.5 Å². The van der Waals surface area contributed by atoms with Gasteiger partial charge in [-0.1, -0.05) is 54.6 Å². The number of aromatic nitrogens is 1. The van der Waals surface area contributed by atoms with Gasteiger partial charge in [0.05, 0.1) is 7.11 Å². The summed E-state index contributed by atoms with van der Waals surface area (Å²) in [4.78, 5) is 33.5. The summed E-state index contributed by atoms with van der Waals surface area (Å²) < 4.78 is 5.54. The summed E-state index contributed by atoms with van der Waals surface area (Å²) >= 11 is 0. The van der Waals surface area contributed by atoms with Crippen LogP contribution in [0, 0.1) is 0 Å². The predicted octanol–water partition coefficient (Wildman–Crippen LogP) is 5.69. The van der Waals surface area contributed by atoms with Gasteiger partial charge in [-0.25, -0.2) is 4.79 Å². The molecule has 4 rings (SSSR count). The number of hydrogen-bond donors (Lipinski definition) is 2. The molecule has 3 amide bonds. The maximum absolute atomic E-state index is 13.7. The Bertz CT molecular complexity index is 1330. The molecule has 1 heterocycles. The normalized spacial score (nSPS) is 10.9. The predicted molar refractivity (Wildman–Crippen MR) is 148 cm³/mol. The zero-order chi connectivity index (χ0) is 26.2. The molecular formula is C30H34N4O3. The Morgan fingerprint density at radius 2 is 1.62 bits per heavy atom. The van der Waals surface area contributed by atoms with E-state index in [4.69, 9.17) is 4.74 Å². The monoisotopic (exact) mass is 498 g/mol. The average molecular weight is 499 g/mol. The van der Waals surface area contributed by atoms with Crippen molar-refractivity contribution >= 4 is 28.5 Å². The third-order valence-corrected chi connectivity index (χ3v) is 6.45. The van der Waals surface area contributed by atoms with Gasteiger partial charge in [0.25, 0.3) is 0 Å². The summed E-state index contributed by atoms with van der Waals surface area (Å²) in [6.45, 7) is 4.69. The lowest BCUT2D eigenvalue weighted by molar-refractivity contribution is -0.132. The molecule has 0 fully saturated rings. The van der Waals surface area contributed by atoms with E-state index in [0.29, 0.717) is 25.2 Å². The molecule has 0 aliphatic heterocycles. The molecule has 192 valence electrons. The van der Waals surface area contributed by atoms with Gasteiger partial charge in [-0.15, -0.1) is 0 Å². The number of ether oxygens (including phenoxy) is 1. The van der Waals surface area contributed by atoms with Crippen LogP contribution in [-0.2, 0) is 17.8 Å². The second-order valence-electron chi connectivity index (χ2n) is 9.25. The molecule has 7 nitrogen and oxygen atoms in total. The van der Waals surface area contributed by atoms with E-state index in [1.807, 2.05) is 97.7 Å². The second kappa shape index (κ2) is 12.1. The van der Waals surface area contributed by atoms with Crippen molar-refractivity contribution in [2.24, 2.45) is 0 Å². The first-order valence-corrected chi connectivity index (χ1v) is 12.5. The lowest BCUT2D eigenvalue weighted by atomic mass is 10.1. The van der Waals surface area contributed by atoms with Crippen LogP contribution >= 0.6 is 0 Å². The summed E-state index contributed by atoms with van der Waals surface area (Å²) in [5, 5.41) is 4.05. The number of H-pyrrole nitrogens is 1. The number of nitrogens with one attached hydrogen (secondary N) is 2. The molecule has 2 N–H and O–H groups in total. The lowest BCUT2D eigenvalue weighted by Crippen LogP contribution is -2.47. The number of amides is 3. The molecule has 7 heteroatoms. The van der Waals surface area contributed by atoms with Crippen LogP contribution in [-0.4, -0.2) is 53.0 Å². The number of rotatable bonds is 10. The fourth-order valence-electron chi connectivity index (χ4n) is 4.38. The summed E-state index contributed by atoms with van der Waals surface area (Å²) in [7, 11) is 1.63. The van der Waals surface area contributed by atoms with Gasteiger partial charge in [0.1, 0.15) is 12.3 Å². The summed E-state index contributed by atoms with van der Waals surface area (Å²) in [6.07, 6.45) is 2.69. The van der Waals surface area contributed by atoms with E-state index < -0.39 is 0 Å². The Morgan fingerprint density at radius 3 is 2.38 bits per heavy atom. The van der Waals surface area contributed by atoms with Crippen LogP contribution in [0.15, 0.2) is 85.1 Å². The molecule has 4 aromatic rings. The van der Waals surface area contributed by atoms with Crippen molar-refractivity contribution in [2.45, 2.75) is 32.9 Å². The number of methoxy groups -OCH3 is 1. The van der Waals surface area contributed by atoms with Crippen molar-refractivity contribution in [3.05, 3.63) is 96.2 Å². The number of para-hydroxylation sites is 3. The van der Waals surface area contributed by atoms with Gasteiger partial charge in [-0.2, -0.15) is 0 Å². The molecule has 0 saturated carbocycles. The fraction of sp³-hybridized carbons (Fsp3) is 0.267. The molecule has 1 aromatic heterocycles. The minimum Gasteiger partial charge on any atom is -0.496 e. The Labute approximate surface area is 218 Å². The van der Waals surface area contributed by atoms with Crippen molar-refractivity contribution in [3.63, 3.8) is 0 Å². The van der Waals surface area contributed by atoms with E-state index in [1.54, 1.807) is 12.0 Å². The molecule has 0 atom stereocenters. The minimum absolute atomic E-state index is 0.0284. The lowest BCUT2D eigenvalue weighted by Gasteiger charge is -2.30. The highest BCUT2D eigenvalue weighted by atomic mass is 16.5. The summed E-state index contributed by atoms with van der Waals surface area (Å²) in [5.41, 5.74) is 3.83. The fourth-order valence-corrected chi connectivity index (χ4v) is 4.38. The highest BCUT2D eigenvalue weighted by Gasteiger charge is 2.24. The zero-order valence-corrected chi connectivity index (χ0v) is 21.6. The van der Waals surface area contributed by atoms with Gasteiger partial charge < -0.3 is 24.8 Å². The average Bonchev–Trinajstić information content (AvgIpc) is 3.33. The molecule has 37 heavy (non-hydrogen) atoms. The standard InChI is InChI=1S/C30H34N4O3/c1-22(2)34(30(36)32-25-12-5-4-6-13-25)21-29(35)33(20-24-11-7-10-16-28(24)37-3)18-17-23-19-31-27-15-9-8-14-26(23)27/h4-16,19,22,31H,17-18,20-21H2,1-3H3,(H,32,36). The molecule has 0 aliphatic rings. The molecular weight excluding hydrogens is 464 g/mol. The maximum atomic E-state index is 13.7. The van der Waals surface area contributed by atoms with Crippen molar-refractivity contribution in [2.75, 3.05) is 25.5 Å². The number of benzene rings is 3. The number of carbonyl (C=O) groups is 2. The third kappa shape index (κ3) is 6.50. The number of aromatic amines is 1. The zero-order valence-electron chi connectivity index (χ0n) is 21.6. The van der Waals surface area contributed by atoms with Crippen LogP contribution in [0.2, 0.25) is 0 Å². The van der Waals surface area contributed by atoms with E-state index in [1.165, 1.54) is 0 Å². The van der Waals surface area contributed by atoms with E-state index in [9.17, 15) is 9.59 Å². The Kier molecular flexibility index (Phi) is 8.46. The number of fused-ring (bicyclic) bond motifs is 1. The number of anilines is 1. The van der Waals surface area contributed by atoms with Crippen molar-refractivity contribution in [1.82, 2.24) is 14.8 Å². The van der Waals surface area contributed by atoms with E-state index in [0.717, 1.165) is 27.8 Å². The van der Waals surface area contributed by atoms with Gasteiger partial charge in [-0.3, -0.25) is 4.79 Å². The van der Waals surface area contributed by atoms with Crippen LogP contribution in [0.4, 0.5) is 10.5 Å². The van der Waals surface area contributed by atoms with Gasteiger partial charge in [0.15, 0.2) is 0 Å². The molecule has 0 unspecified atom stereocenters. The van der Waals surface area contributed by atoms with Gasteiger partial charge in [-0.05, 0) is 50.1 Å². The molecule has 0 radical (unpaired) electrons. The molecule has 0 saturated heterocycles. The van der Waals surface area contributed by atoms with Crippen molar-refractivity contribution in [1.29, 1.82) is 0 Å². The van der Waals surface area contributed by atoms with Gasteiger partial charge >= 0.3 is 6.03 Å². The van der Waals surface area contributed by atoms with Crippen LogP contribution in [0.1, 0.15) is 25.0 Å². The van der Waals surface area contributed by atoms with Gasteiger partial charge in [0.2, 0.25) is 5.91 Å². The Balaban J connectivity index is 1.53. The van der Waals surface area contributed by atoms with Gasteiger partial charge in [0, 0.05) is 47.5 Å². The quantitative estimate of drug-likeness (QED) is 0.295. The first-order chi connectivity index (χ1) is 18.0. The first-order valence-electron chi connectivity index (χ1n) is 12.5. The number of urea groups is 1. The summed E-state index contributed by atoms with van der Waals surface area (Å²) in [5.74, 6) is 0.609. The topological polar surface area (TPSA) is 77.7 Å². The second-order valence-corrected chi connectivity index (χ2v) is 9.25. The van der Waals surface area contributed by atoms with Crippen LogP contribution in [0.25, 0.3) is 10.9 Å². The molecule has 0 spiro atoms. The Hall–Kier alpha value is -4.26. The number of carbonyl (C=O) groups excluding carboxylic acids is 2. The SMILES string of the molecule is COc1ccccc1CN(CCc1c[nH]c2ccccc12)C(=O)CN(C(=O)Nc1ccccc1)C(C)C. The highest BCUT2D eigenvalue weighted by molar-refractivity contribution is 5.92. The Morgan fingerprint density at radius 1 is 0.919 bits per heavy atom. The highest BCUT2D eigenvalue weighted by Crippen LogP contribution is 2.22. The van der Waals surface area contributed by atoms with Crippen molar-refractivity contribution in [3.8, 4) is 5.75 Å². The van der Waals surface area contributed by atoms with Crippen LogP contribution in [0.3, 0.4) is 0 Å². The van der Waals surface area contributed by atoms with Crippen LogP contribution in [0.5, 0.6) is 5.75 Å². The number of nitrogens with zero attached hydrogens (tertiary/aromatic N) is 2. The summed E-state index contributed by atoms with van der Waals surface area (Å²) in [6, 6.07) is 24.7. The smallest absolute Gasteiger partial charge is 0.322 e. The molecule has 0 bridgehead atoms. The number of hydrogen-bond acceptors (Lipinski definition) is 3. The first kappa shape index (κ1) is 25.8. The minimum atomic E-state index is -0.302. The van der Waals surface area contributed by atoms with E-state index in [2.05, 4.69) is 16.4 Å². The third-order valence-electron chi connectivity index (χ3n) is 6.45. The molecule has 3 aromatic carbocycles. The van der Waals surface area contributed by atoms with Crippen LogP contribution < -0.4 is 10.1 Å². The van der Waals surface area contributed by atoms with Crippen molar-refractivity contribution < 1.29 is 14.3 Å². The largest absolute Gasteiger partial charge is 0.496 e.